The third kappa shape index (κ3) is 4.20. The van der Waals surface area contributed by atoms with Gasteiger partial charge in [0, 0.05) is 12.0 Å². The molecule has 118 valence electrons. The molecule has 0 heterocycles. The average molecular weight is 312 g/mol. The molecule has 3 heteroatoms. The fourth-order valence-corrected chi connectivity index (χ4v) is 3.63. The lowest BCUT2D eigenvalue weighted by Crippen LogP contribution is -2.40. The summed E-state index contributed by atoms with van der Waals surface area (Å²) in [5.41, 5.74) is 0.716. The van der Waals surface area contributed by atoms with E-state index in [1.807, 2.05) is 12.1 Å². The van der Waals surface area contributed by atoms with E-state index >= 15 is 0 Å². The Bertz CT molecular complexity index is 451. The van der Waals surface area contributed by atoms with E-state index in [1.54, 1.807) is 6.07 Å². The molecule has 1 nitrogen and oxygen atoms in total. The Morgan fingerprint density at radius 1 is 1.19 bits per heavy atom. The molecule has 0 atom stereocenters. The van der Waals surface area contributed by atoms with Crippen molar-refractivity contribution >= 4 is 11.6 Å². The zero-order valence-electron chi connectivity index (χ0n) is 13.2. The molecule has 1 aliphatic carbocycles. The van der Waals surface area contributed by atoms with Crippen molar-refractivity contribution < 1.29 is 4.39 Å². The van der Waals surface area contributed by atoms with Crippen LogP contribution in [0.5, 0.6) is 0 Å². The van der Waals surface area contributed by atoms with Crippen LogP contribution in [0.4, 0.5) is 4.39 Å². The van der Waals surface area contributed by atoms with E-state index in [9.17, 15) is 4.39 Å². The van der Waals surface area contributed by atoms with Crippen LogP contribution in [-0.2, 0) is 5.41 Å². The molecule has 1 saturated carbocycles. The highest BCUT2D eigenvalue weighted by Gasteiger charge is 2.35. The first-order chi connectivity index (χ1) is 10.1. The highest BCUT2D eigenvalue weighted by molar-refractivity contribution is 6.30. The van der Waals surface area contributed by atoms with Gasteiger partial charge in [-0.25, -0.2) is 4.39 Å². The largest absolute Gasteiger partial charge is 0.316 e. The minimum atomic E-state index is -0.215. The fraction of sp³-hybridized carbons (Fsp3) is 0.667. The van der Waals surface area contributed by atoms with Gasteiger partial charge in [0.1, 0.15) is 5.82 Å². The maximum Gasteiger partial charge on any atom is 0.145 e. The smallest absolute Gasteiger partial charge is 0.145 e. The van der Waals surface area contributed by atoms with Crippen LogP contribution in [0, 0.1) is 11.7 Å². The number of hydrogen-bond acceptors (Lipinski definition) is 1. The number of rotatable bonds is 5. The first-order valence-electron chi connectivity index (χ1n) is 8.20. The van der Waals surface area contributed by atoms with Gasteiger partial charge in [0.25, 0.3) is 0 Å². The number of hydrogen-bond donors (Lipinski definition) is 1. The van der Waals surface area contributed by atoms with E-state index in [0.29, 0.717) is 5.92 Å². The first-order valence-corrected chi connectivity index (χ1v) is 8.58. The molecule has 1 N–H and O–H groups in total. The van der Waals surface area contributed by atoms with Crippen LogP contribution in [0.1, 0.15) is 57.9 Å². The van der Waals surface area contributed by atoms with Gasteiger partial charge in [-0.1, -0.05) is 63.3 Å². The summed E-state index contributed by atoms with van der Waals surface area (Å²) in [6, 6.07) is 5.46. The van der Waals surface area contributed by atoms with Crippen LogP contribution in [0.3, 0.4) is 0 Å². The highest BCUT2D eigenvalue weighted by Crippen LogP contribution is 2.40. The molecule has 1 fully saturated rings. The van der Waals surface area contributed by atoms with Crippen molar-refractivity contribution in [1.82, 2.24) is 5.32 Å². The minimum Gasteiger partial charge on any atom is -0.316 e. The number of nitrogens with one attached hydrogen (secondary N) is 1. The Kier molecular flexibility index (Phi) is 6.07. The van der Waals surface area contributed by atoms with Crippen LogP contribution in [0.2, 0.25) is 5.02 Å². The Morgan fingerprint density at radius 3 is 2.48 bits per heavy atom. The Labute approximate surface area is 133 Å². The van der Waals surface area contributed by atoms with Crippen LogP contribution >= 0.6 is 11.6 Å². The topological polar surface area (TPSA) is 12.0 Å². The van der Waals surface area contributed by atoms with Gasteiger partial charge in [0.15, 0.2) is 0 Å². The lowest BCUT2D eigenvalue weighted by molar-refractivity contribution is 0.328. The summed E-state index contributed by atoms with van der Waals surface area (Å²) in [4.78, 5) is 0. The van der Waals surface area contributed by atoms with Crippen LogP contribution < -0.4 is 5.32 Å². The molecular formula is C18H27ClFN. The van der Waals surface area contributed by atoms with Gasteiger partial charge in [-0.05, 0) is 36.9 Å². The van der Waals surface area contributed by atoms with Gasteiger partial charge in [-0.2, -0.15) is 0 Å². The summed E-state index contributed by atoms with van der Waals surface area (Å²) in [6.45, 7) is 6.23. The molecule has 1 aromatic carbocycles. The van der Waals surface area contributed by atoms with Crippen LogP contribution in [-0.4, -0.2) is 13.1 Å². The van der Waals surface area contributed by atoms with Gasteiger partial charge < -0.3 is 5.32 Å². The Morgan fingerprint density at radius 2 is 1.86 bits per heavy atom. The van der Waals surface area contributed by atoms with E-state index in [-0.39, 0.29) is 16.3 Å². The quantitative estimate of drug-likeness (QED) is 0.726. The summed E-state index contributed by atoms with van der Waals surface area (Å²) in [7, 11) is 0. The van der Waals surface area contributed by atoms with Gasteiger partial charge in [-0.3, -0.25) is 0 Å². The molecule has 0 spiro atoms. The highest BCUT2D eigenvalue weighted by atomic mass is 35.5. The second-order valence-corrected chi connectivity index (χ2v) is 7.23. The summed E-state index contributed by atoms with van der Waals surface area (Å²) in [5.74, 6) is 0.393. The van der Waals surface area contributed by atoms with Gasteiger partial charge >= 0.3 is 0 Å². The maximum atomic E-state index is 14.6. The fourth-order valence-electron chi connectivity index (χ4n) is 3.46. The van der Waals surface area contributed by atoms with Gasteiger partial charge in [0.2, 0.25) is 0 Å². The molecule has 0 bridgehead atoms. The molecule has 21 heavy (non-hydrogen) atoms. The zero-order chi connectivity index (χ0) is 15.3. The molecule has 0 aromatic heterocycles. The SMILES string of the molecule is CC(C)CNCC1(c2cccc(Cl)c2F)CCCCCC1. The first kappa shape index (κ1) is 16.8. The molecule has 1 aromatic rings. The van der Waals surface area contributed by atoms with Gasteiger partial charge in [-0.15, -0.1) is 0 Å². The molecule has 0 aliphatic heterocycles. The summed E-state index contributed by atoms with van der Waals surface area (Å²) in [6.07, 6.45) is 6.97. The van der Waals surface area contributed by atoms with Crippen molar-refractivity contribution in [3.05, 3.63) is 34.6 Å². The van der Waals surface area contributed by atoms with Crippen molar-refractivity contribution in [1.29, 1.82) is 0 Å². The monoisotopic (exact) mass is 311 g/mol. The zero-order valence-corrected chi connectivity index (χ0v) is 14.0. The summed E-state index contributed by atoms with van der Waals surface area (Å²) >= 11 is 6.02. The van der Waals surface area contributed by atoms with E-state index in [2.05, 4.69) is 19.2 Å². The van der Waals surface area contributed by atoms with E-state index < -0.39 is 0 Å². The minimum absolute atomic E-state index is 0.0969. The van der Waals surface area contributed by atoms with Crippen molar-refractivity contribution in [2.75, 3.05) is 13.1 Å². The standard InChI is InChI=1S/C18H27ClFN/c1-14(2)12-21-13-18(10-5-3-4-6-11-18)15-8-7-9-16(19)17(15)20/h7-9,14,21H,3-6,10-13H2,1-2H3. The van der Waals surface area contributed by atoms with Crippen LogP contribution in [0.15, 0.2) is 18.2 Å². The van der Waals surface area contributed by atoms with Crippen molar-refractivity contribution in [3.63, 3.8) is 0 Å². The van der Waals surface area contributed by atoms with E-state index in [0.717, 1.165) is 31.5 Å². The third-order valence-electron chi connectivity index (χ3n) is 4.60. The molecule has 0 unspecified atom stereocenters. The van der Waals surface area contributed by atoms with Crippen LogP contribution in [0.25, 0.3) is 0 Å². The maximum absolute atomic E-state index is 14.6. The van der Waals surface area contributed by atoms with Crippen molar-refractivity contribution in [3.8, 4) is 0 Å². The summed E-state index contributed by atoms with van der Waals surface area (Å²) in [5, 5.41) is 3.81. The predicted octanol–water partition coefficient (Wildman–Crippen LogP) is 5.32. The van der Waals surface area contributed by atoms with Crippen molar-refractivity contribution in [2.24, 2.45) is 5.92 Å². The average Bonchev–Trinajstić information content (AvgIpc) is 2.68. The molecule has 0 radical (unpaired) electrons. The molecule has 1 aliphatic rings. The van der Waals surface area contributed by atoms with Crippen molar-refractivity contribution in [2.45, 2.75) is 57.8 Å². The normalized spacial score (nSPS) is 18.7. The Hall–Kier alpha value is -0.600. The number of halogens is 2. The summed E-state index contributed by atoms with van der Waals surface area (Å²) < 4.78 is 14.6. The Balaban J connectivity index is 2.27. The lowest BCUT2D eigenvalue weighted by atomic mass is 9.74. The molecular weight excluding hydrogens is 285 g/mol. The molecule has 0 amide bonds. The third-order valence-corrected chi connectivity index (χ3v) is 4.89. The van der Waals surface area contributed by atoms with E-state index in [1.165, 1.54) is 25.7 Å². The second-order valence-electron chi connectivity index (χ2n) is 6.82. The van der Waals surface area contributed by atoms with Gasteiger partial charge in [0.05, 0.1) is 5.02 Å². The molecule has 0 saturated heterocycles. The second kappa shape index (κ2) is 7.60. The number of benzene rings is 1. The predicted molar refractivity (Wildman–Crippen MR) is 88.5 cm³/mol. The molecule has 2 rings (SSSR count). The van der Waals surface area contributed by atoms with E-state index in [4.69, 9.17) is 11.6 Å². The lowest BCUT2D eigenvalue weighted by Gasteiger charge is -2.34.